The number of fused-ring (bicyclic) bond motifs is 1. The van der Waals surface area contributed by atoms with E-state index in [0.717, 1.165) is 5.39 Å². The van der Waals surface area contributed by atoms with E-state index in [1.165, 1.54) is 6.07 Å². The van der Waals surface area contributed by atoms with Gasteiger partial charge < -0.3 is 0 Å². The molecule has 0 aliphatic heterocycles. The summed E-state index contributed by atoms with van der Waals surface area (Å²) in [6.45, 7) is 0. The number of halogens is 1. The van der Waals surface area contributed by atoms with E-state index in [-0.39, 0.29) is 0 Å². The number of nitrogens with zero attached hydrogens (tertiary/aromatic N) is 2. The van der Waals surface area contributed by atoms with E-state index >= 15 is 0 Å². The highest BCUT2D eigenvalue weighted by Gasteiger charge is 1.96. The maximum Gasteiger partial charge on any atom is 0.214 e. The van der Waals surface area contributed by atoms with E-state index in [9.17, 15) is 4.39 Å². The van der Waals surface area contributed by atoms with Crippen molar-refractivity contribution >= 4 is 11.0 Å². The number of aromatic amines is 1. The van der Waals surface area contributed by atoms with Crippen molar-refractivity contribution in [2.75, 3.05) is 0 Å². The average Bonchev–Trinajstić information content (AvgIpc) is 2.33. The fourth-order valence-corrected chi connectivity index (χ4v) is 0.803. The lowest BCUT2D eigenvalue weighted by Crippen LogP contribution is -1.80. The lowest BCUT2D eigenvalue weighted by atomic mass is 10.4. The molecule has 0 radical (unpaired) electrons. The first-order valence-corrected chi connectivity index (χ1v) is 2.82. The molecule has 0 aliphatic rings. The molecule has 4 heteroatoms. The van der Waals surface area contributed by atoms with Crippen molar-refractivity contribution in [2.45, 2.75) is 0 Å². The molecule has 1 N–H and O–H groups in total. The van der Waals surface area contributed by atoms with E-state index in [4.69, 9.17) is 0 Å². The molecule has 0 aliphatic carbocycles. The van der Waals surface area contributed by atoms with Crippen LogP contribution in [-0.2, 0) is 0 Å². The first kappa shape index (κ1) is 5.34. The topological polar surface area (TPSA) is 41.6 Å². The van der Waals surface area contributed by atoms with Crippen LogP contribution in [0, 0.1) is 5.95 Å². The molecule has 0 unspecified atom stereocenters. The second-order valence-corrected chi connectivity index (χ2v) is 1.94. The Hall–Kier alpha value is -1.45. The first-order valence-electron chi connectivity index (χ1n) is 2.82. The molecule has 0 atom stereocenters. The summed E-state index contributed by atoms with van der Waals surface area (Å²) in [6.07, 6.45) is 1.60. The van der Waals surface area contributed by atoms with Gasteiger partial charge in [0.2, 0.25) is 5.95 Å². The van der Waals surface area contributed by atoms with Crippen molar-refractivity contribution in [3.05, 3.63) is 24.3 Å². The quantitative estimate of drug-likeness (QED) is 0.552. The minimum Gasteiger partial charge on any atom is -0.261 e. The zero-order valence-corrected chi connectivity index (χ0v) is 5.00. The Bertz CT molecular complexity index is 355. The predicted octanol–water partition coefficient (Wildman–Crippen LogP) is 1.10. The fraction of sp³-hybridized carbons (Fsp3) is 0. The predicted molar refractivity (Wildman–Crippen MR) is 33.8 cm³/mol. The molecule has 0 fully saturated rings. The van der Waals surface area contributed by atoms with Gasteiger partial charge in [-0.2, -0.15) is 9.49 Å². The third kappa shape index (κ3) is 0.655. The summed E-state index contributed by atoms with van der Waals surface area (Å²) >= 11 is 0. The molecule has 0 saturated heterocycles. The summed E-state index contributed by atoms with van der Waals surface area (Å²) in [5.74, 6) is -0.489. The smallest absolute Gasteiger partial charge is 0.214 e. The Labute approximate surface area is 55.9 Å². The third-order valence-corrected chi connectivity index (χ3v) is 1.27. The zero-order valence-electron chi connectivity index (χ0n) is 5.00. The van der Waals surface area contributed by atoms with Crippen molar-refractivity contribution in [3.8, 4) is 0 Å². The summed E-state index contributed by atoms with van der Waals surface area (Å²) in [5, 5.41) is 7.07. The highest BCUT2D eigenvalue weighted by Crippen LogP contribution is 2.06. The van der Waals surface area contributed by atoms with Gasteiger partial charge in [-0.15, -0.1) is 0 Å². The van der Waals surface area contributed by atoms with Gasteiger partial charge >= 0.3 is 0 Å². The van der Waals surface area contributed by atoms with Crippen LogP contribution in [0.4, 0.5) is 4.39 Å². The number of hydrogen-bond acceptors (Lipinski definition) is 2. The Balaban J connectivity index is 2.86. The summed E-state index contributed by atoms with van der Waals surface area (Å²) in [6, 6.07) is 2.93. The molecular formula is C6H4FN3. The third-order valence-electron chi connectivity index (χ3n) is 1.27. The van der Waals surface area contributed by atoms with Crippen molar-refractivity contribution in [2.24, 2.45) is 0 Å². The van der Waals surface area contributed by atoms with Crippen LogP contribution in [0.2, 0.25) is 0 Å². The maximum absolute atomic E-state index is 12.4. The van der Waals surface area contributed by atoms with Gasteiger partial charge in [0.15, 0.2) is 5.65 Å². The van der Waals surface area contributed by atoms with Gasteiger partial charge in [0.25, 0.3) is 0 Å². The second-order valence-electron chi connectivity index (χ2n) is 1.94. The number of rotatable bonds is 0. The maximum atomic E-state index is 12.4. The molecule has 3 nitrogen and oxygen atoms in total. The summed E-state index contributed by atoms with van der Waals surface area (Å²) in [7, 11) is 0. The first-order chi connectivity index (χ1) is 4.86. The van der Waals surface area contributed by atoms with Crippen molar-refractivity contribution in [1.29, 1.82) is 0 Å². The molecule has 0 bridgehead atoms. The minimum atomic E-state index is -0.489. The Morgan fingerprint density at radius 3 is 3.20 bits per heavy atom. The number of H-pyrrole nitrogens is 1. The molecule has 0 amide bonds. The van der Waals surface area contributed by atoms with E-state index in [1.807, 2.05) is 0 Å². The van der Waals surface area contributed by atoms with Gasteiger partial charge in [-0.1, -0.05) is 0 Å². The van der Waals surface area contributed by atoms with Gasteiger partial charge in [0.1, 0.15) is 0 Å². The normalized spacial score (nSPS) is 10.5. The average molecular weight is 137 g/mol. The molecule has 0 spiro atoms. The van der Waals surface area contributed by atoms with E-state index in [0.29, 0.717) is 5.65 Å². The molecule has 2 rings (SSSR count). The second kappa shape index (κ2) is 1.76. The molecule has 2 aromatic rings. The largest absolute Gasteiger partial charge is 0.261 e. The van der Waals surface area contributed by atoms with Crippen LogP contribution in [-0.4, -0.2) is 15.2 Å². The van der Waals surface area contributed by atoms with Crippen molar-refractivity contribution < 1.29 is 4.39 Å². The van der Waals surface area contributed by atoms with Crippen LogP contribution in [0.15, 0.2) is 18.3 Å². The van der Waals surface area contributed by atoms with Gasteiger partial charge in [0.05, 0.1) is 6.20 Å². The van der Waals surface area contributed by atoms with Crippen LogP contribution in [0.1, 0.15) is 0 Å². The minimum absolute atomic E-state index is 0.486. The number of pyridine rings is 1. The summed E-state index contributed by atoms with van der Waals surface area (Å²) in [5.41, 5.74) is 0.486. The van der Waals surface area contributed by atoms with Gasteiger partial charge in [-0.25, -0.2) is 4.98 Å². The molecular weight excluding hydrogens is 133 g/mol. The van der Waals surface area contributed by atoms with Gasteiger partial charge in [0, 0.05) is 5.39 Å². The lowest BCUT2D eigenvalue weighted by Gasteiger charge is -1.85. The highest BCUT2D eigenvalue weighted by atomic mass is 19.1. The number of aromatic nitrogens is 3. The zero-order chi connectivity index (χ0) is 6.97. The standard InChI is InChI=1S/C6H4FN3/c7-5-2-1-4-3-8-10-6(4)9-5/h1-3H,(H,8,9,10). The molecule has 2 aromatic heterocycles. The van der Waals surface area contributed by atoms with Crippen LogP contribution in [0.5, 0.6) is 0 Å². The Morgan fingerprint density at radius 2 is 2.30 bits per heavy atom. The monoisotopic (exact) mass is 137 g/mol. The SMILES string of the molecule is Fc1ccc2cn[nH]c2n1. The lowest BCUT2D eigenvalue weighted by molar-refractivity contribution is 0.588. The molecule has 10 heavy (non-hydrogen) atoms. The molecule has 0 saturated carbocycles. The van der Waals surface area contributed by atoms with E-state index in [1.54, 1.807) is 12.3 Å². The van der Waals surface area contributed by atoms with Crippen LogP contribution >= 0.6 is 0 Å². The highest BCUT2D eigenvalue weighted by molar-refractivity contribution is 5.72. The van der Waals surface area contributed by atoms with Crippen LogP contribution < -0.4 is 0 Å². The molecule has 2 heterocycles. The van der Waals surface area contributed by atoms with Crippen molar-refractivity contribution in [3.63, 3.8) is 0 Å². The summed E-state index contributed by atoms with van der Waals surface area (Å²) < 4.78 is 12.4. The Kier molecular flexibility index (Phi) is 0.943. The van der Waals surface area contributed by atoms with Gasteiger partial charge in [-0.3, -0.25) is 5.10 Å². The Morgan fingerprint density at radius 1 is 1.40 bits per heavy atom. The van der Waals surface area contributed by atoms with Gasteiger partial charge in [-0.05, 0) is 12.1 Å². The molecule has 0 aromatic carbocycles. The van der Waals surface area contributed by atoms with E-state index < -0.39 is 5.95 Å². The van der Waals surface area contributed by atoms with E-state index in [2.05, 4.69) is 15.2 Å². The van der Waals surface area contributed by atoms with Crippen LogP contribution in [0.25, 0.3) is 11.0 Å². The number of hydrogen-bond donors (Lipinski definition) is 1. The summed E-state index contributed by atoms with van der Waals surface area (Å²) in [4.78, 5) is 3.55. The van der Waals surface area contributed by atoms with Crippen LogP contribution in [0.3, 0.4) is 0 Å². The molecule has 50 valence electrons. The number of nitrogens with one attached hydrogen (secondary N) is 1. The van der Waals surface area contributed by atoms with Crippen molar-refractivity contribution in [1.82, 2.24) is 15.2 Å². The fourth-order valence-electron chi connectivity index (χ4n) is 0.803.